The molecule has 0 aliphatic heterocycles. The van der Waals surface area contributed by atoms with Crippen molar-refractivity contribution in [1.29, 1.82) is 0 Å². The van der Waals surface area contributed by atoms with E-state index < -0.39 is 0 Å². The molecule has 12 heavy (non-hydrogen) atoms. The molecule has 0 saturated heterocycles. The highest BCUT2D eigenvalue weighted by atomic mass is 16.1. The molecule has 66 valence electrons. The summed E-state index contributed by atoms with van der Waals surface area (Å²) >= 11 is 0. The maximum atomic E-state index is 11.5. The molecule has 0 bridgehead atoms. The number of hydrogen-bond acceptors (Lipinski definition) is 1. The molecule has 0 radical (unpaired) electrons. The van der Waals surface area contributed by atoms with Gasteiger partial charge in [-0.1, -0.05) is 32.9 Å². The third kappa shape index (κ3) is 1.50. The molecule has 0 amide bonds. The third-order valence-electron chi connectivity index (χ3n) is 2.26. The topological polar surface area (TPSA) is 17.1 Å². The quantitative estimate of drug-likeness (QED) is 0.538. The van der Waals surface area contributed by atoms with Crippen LogP contribution in [0.5, 0.6) is 0 Å². The van der Waals surface area contributed by atoms with Crippen LogP contribution in [-0.2, 0) is 4.79 Å². The number of carbonyl (C=O) groups excluding carboxylic acids is 1. The summed E-state index contributed by atoms with van der Waals surface area (Å²) in [6, 6.07) is 0. The van der Waals surface area contributed by atoms with Crippen LogP contribution in [-0.4, -0.2) is 5.78 Å². The van der Waals surface area contributed by atoms with Gasteiger partial charge in [-0.15, -0.1) is 0 Å². The largest absolute Gasteiger partial charge is 0.294 e. The van der Waals surface area contributed by atoms with Crippen molar-refractivity contribution >= 4 is 5.78 Å². The Labute approximate surface area is 74.2 Å². The minimum Gasteiger partial charge on any atom is -0.294 e. The van der Waals surface area contributed by atoms with Crippen LogP contribution < -0.4 is 0 Å². The highest BCUT2D eigenvalue weighted by Gasteiger charge is 2.34. The van der Waals surface area contributed by atoms with Crippen LogP contribution in [0.4, 0.5) is 0 Å². The summed E-state index contributed by atoms with van der Waals surface area (Å²) in [5, 5.41) is 0. The zero-order valence-electron chi connectivity index (χ0n) is 8.22. The summed E-state index contributed by atoms with van der Waals surface area (Å²) in [6.45, 7) is 8.29. The van der Waals surface area contributed by atoms with Crippen LogP contribution in [0, 0.1) is 11.3 Å². The smallest absolute Gasteiger partial charge is 0.163 e. The summed E-state index contributed by atoms with van der Waals surface area (Å²) < 4.78 is 0. The first kappa shape index (κ1) is 9.24. The summed E-state index contributed by atoms with van der Waals surface area (Å²) in [5.41, 5.74) is 1.20. The van der Waals surface area contributed by atoms with Crippen molar-refractivity contribution in [2.75, 3.05) is 0 Å². The van der Waals surface area contributed by atoms with E-state index in [1.807, 2.05) is 19.1 Å². The number of hydrogen-bond donors (Lipinski definition) is 0. The van der Waals surface area contributed by atoms with E-state index in [4.69, 9.17) is 0 Å². The SMILES string of the molecule is C/C=C1/C=CC(=O)C1C(C)(C)C. The van der Waals surface area contributed by atoms with Crippen LogP contribution in [0.25, 0.3) is 0 Å². The van der Waals surface area contributed by atoms with E-state index in [9.17, 15) is 4.79 Å². The van der Waals surface area contributed by atoms with Crippen molar-refractivity contribution in [1.82, 2.24) is 0 Å². The van der Waals surface area contributed by atoms with Gasteiger partial charge in [0.2, 0.25) is 0 Å². The lowest BCUT2D eigenvalue weighted by atomic mass is 9.76. The van der Waals surface area contributed by atoms with Gasteiger partial charge in [-0.25, -0.2) is 0 Å². The minimum atomic E-state index is 0.0441. The third-order valence-corrected chi connectivity index (χ3v) is 2.26. The molecule has 0 aromatic rings. The number of ketones is 1. The Kier molecular flexibility index (Phi) is 2.22. The lowest BCUT2D eigenvalue weighted by Crippen LogP contribution is -2.25. The number of rotatable bonds is 0. The van der Waals surface area contributed by atoms with Gasteiger partial charge >= 0.3 is 0 Å². The lowest BCUT2D eigenvalue weighted by Gasteiger charge is -2.26. The standard InChI is InChI=1S/C11H16O/c1-5-8-6-7-9(12)10(8)11(2,3)4/h5-7,10H,1-4H3/b8-5-. The number of carbonyl (C=O) groups is 1. The van der Waals surface area contributed by atoms with Gasteiger partial charge in [0.15, 0.2) is 5.78 Å². The predicted octanol–water partition coefficient (Wildman–Crippen LogP) is 2.73. The van der Waals surface area contributed by atoms with Gasteiger partial charge in [0.1, 0.15) is 0 Å². The predicted molar refractivity (Wildman–Crippen MR) is 50.8 cm³/mol. The molecule has 1 rings (SSSR count). The molecule has 1 unspecified atom stereocenters. The fourth-order valence-corrected chi connectivity index (χ4v) is 1.72. The van der Waals surface area contributed by atoms with Crippen molar-refractivity contribution < 1.29 is 4.79 Å². The second kappa shape index (κ2) is 2.89. The van der Waals surface area contributed by atoms with E-state index in [1.165, 1.54) is 0 Å². The Hall–Kier alpha value is -0.850. The van der Waals surface area contributed by atoms with E-state index in [-0.39, 0.29) is 17.1 Å². The Balaban J connectivity index is 2.98. The van der Waals surface area contributed by atoms with E-state index in [1.54, 1.807) is 6.08 Å². The molecule has 1 aliphatic carbocycles. The van der Waals surface area contributed by atoms with Gasteiger partial charge in [0, 0.05) is 0 Å². The van der Waals surface area contributed by atoms with E-state index in [2.05, 4.69) is 20.8 Å². The van der Waals surface area contributed by atoms with Gasteiger partial charge in [-0.3, -0.25) is 4.79 Å². The van der Waals surface area contributed by atoms with E-state index in [0.29, 0.717) is 0 Å². The van der Waals surface area contributed by atoms with Crippen molar-refractivity contribution in [2.24, 2.45) is 11.3 Å². The fourth-order valence-electron chi connectivity index (χ4n) is 1.72. The zero-order chi connectivity index (χ0) is 9.35. The summed E-state index contributed by atoms with van der Waals surface area (Å²) in [7, 11) is 0. The molecule has 0 saturated carbocycles. The fraction of sp³-hybridized carbons (Fsp3) is 0.545. The summed E-state index contributed by atoms with van der Waals surface area (Å²) in [5.74, 6) is 0.318. The molecule has 0 aromatic heterocycles. The Bertz CT molecular complexity index is 251. The minimum absolute atomic E-state index is 0.0441. The van der Waals surface area contributed by atoms with Crippen LogP contribution in [0.3, 0.4) is 0 Å². The summed E-state index contributed by atoms with van der Waals surface area (Å²) in [6.07, 6.45) is 5.64. The molecular formula is C11H16O. The highest BCUT2D eigenvalue weighted by molar-refractivity contribution is 5.98. The molecule has 1 heteroatoms. The molecule has 0 fully saturated rings. The molecular weight excluding hydrogens is 148 g/mol. The lowest BCUT2D eigenvalue weighted by molar-refractivity contribution is -0.119. The van der Waals surface area contributed by atoms with Crippen LogP contribution in [0.1, 0.15) is 27.7 Å². The maximum Gasteiger partial charge on any atom is 0.163 e. The normalized spacial score (nSPS) is 27.2. The maximum absolute atomic E-state index is 11.5. The Morgan fingerprint density at radius 1 is 1.33 bits per heavy atom. The van der Waals surface area contributed by atoms with Crippen LogP contribution in [0.2, 0.25) is 0 Å². The molecule has 0 spiro atoms. The second-order valence-electron chi connectivity index (χ2n) is 4.32. The summed E-state index contributed by atoms with van der Waals surface area (Å²) in [4.78, 5) is 11.5. The van der Waals surface area contributed by atoms with Crippen molar-refractivity contribution in [3.63, 3.8) is 0 Å². The molecule has 0 N–H and O–H groups in total. The monoisotopic (exact) mass is 164 g/mol. The average Bonchev–Trinajstić information content (AvgIpc) is 2.29. The van der Waals surface area contributed by atoms with Crippen molar-refractivity contribution in [2.45, 2.75) is 27.7 Å². The first-order chi connectivity index (χ1) is 5.46. The van der Waals surface area contributed by atoms with Gasteiger partial charge in [0.25, 0.3) is 0 Å². The Morgan fingerprint density at radius 2 is 1.92 bits per heavy atom. The van der Waals surface area contributed by atoms with Gasteiger partial charge in [0.05, 0.1) is 5.92 Å². The van der Waals surface area contributed by atoms with Crippen LogP contribution >= 0.6 is 0 Å². The van der Waals surface area contributed by atoms with Crippen molar-refractivity contribution in [3.05, 3.63) is 23.8 Å². The molecule has 1 atom stereocenters. The van der Waals surface area contributed by atoms with Crippen LogP contribution in [0.15, 0.2) is 23.8 Å². The van der Waals surface area contributed by atoms with Gasteiger partial charge in [-0.2, -0.15) is 0 Å². The average molecular weight is 164 g/mol. The van der Waals surface area contributed by atoms with Gasteiger partial charge < -0.3 is 0 Å². The number of allylic oxidation sites excluding steroid dienone is 4. The molecule has 0 heterocycles. The highest BCUT2D eigenvalue weighted by Crippen LogP contribution is 2.36. The first-order valence-electron chi connectivity index (χ1n) is 4.35. The second-order valence-corrected chi connectivity index (χ2v) is 4.32. The van der Waals surface area contributed by atoms with Crippen molar-refractivity contribution in [3.8, 4) is 0 Å². The van der Waals surface area contributed by atoms with E-state index in [0.717, 1.165) is 5.57 Å². The zero-order valence-corrected chi connectivity index (χ0v) is 8.22. The first-order valence-corrected chi connectivity index (χ1v) is 4.35. The molecule has 1 aliphatic rings. The Morgan fingerprint density at radius 3 is 2.25 bits per heavy atom. The van der Waals surface area contributed by atoms with Gasteiger partial charge in [-0.05, 0) is 24.0 Å². The molecule has 1 nitrogen and oxygen atoms in total. The molecule has 0 aromatic carbocycles. The van der Waals surface area contributed by atoms with E-state index >= 15 is 0 Å².